The molecule has 4 amide bonds. The number of carbonyl (C=O) groups excluding carboxylic acids is 4. The van der Waals surface area contributed by atoms with Crippen LogP contribution in [-0.4, -0.2) is 52.3 Å². The molecule has 1 saturated carbocycles. The molecule has 2 aliphatic carbocycles. The number of rotatable bonds is 7. The highest BCUT2D eigenvalue weighted by molar-refractivity contribution is 6.13. The van der Waals surface area contributed by atoms with Crippen molar-refractivity contribution >= 4 is 29.3 Å². The van der Waals surface area contributed by atoms with E-state index in [2.05, 4.69) is 5.43 Å². The van der Waals surface area contributed by atoms with Gasteiger partial charge in [0.05, 0.1) is 36.0 Å². The highest BCUT2D eigenvalue weighted by Gasteiger charge is 2.70. The fourth-order valence-electron chi connectivity index (χ4n) is 8.52. The first-order chi connectivity index (χ1) is 22.2. The Labute approximate surface area is 267 Å². The molecule has 0 unspecified atom stereocenters. The summed E-state index contributed by atoms with van der Waals surface area (Å²) in [6.45, 7) is 4.25. The van der Waals surface area contributed by atoms with E-state index in [1.807, 2.05) is 80.6 Å². The Kier molecular flexibility index (Phi) is 7.22. The standard InChI is InChI=1S/C37H37N3O6/c1-4-18-39-33(42)26-16-15-25-27(31(26)35(39)44)20-28-34(43)40(38-24-13-10-21(2)11-14-24)36(45)37(28,23-8-6-5-7-9-23)32(25)22-12-17-30(46-3)29(41)19-22/h5-15,17,19,26-28,31-32,38,41H,4,16,18,20H2,1-3H3/t26-,27+,28-,31-,32-,37+/m0/s1. The molecule has 6 atom stereocenters. The zero-order valence-electron chi connectivity index (χ0n) is 26.1. The number of amides is 4. The molecule has 9 heteroatoms. The van der Waals surface area contributed by atoms with E-state index in [0.29, 0.717) is 36.2 Å². The highest BCUT2D eigenvalue weighted by Crippen LogP contribution is 2.64. The van der Waals surface area contributed by atoms with Crippen LogP contribution in [-0.2, 0) is 24.6 Å². The smallest absolute Gasteiger partial charge is 0.260 e. The van der Waals surface area contributed by atoms with Crippen molar-refractivity contribution in [2.75, 3.05) is 19.1 Å². The molecule has 4 aliphatic rings. The Bertz CT molecular complexity index is 1770. The third-order valence-corrected chi connectivity index (χ3v) is 10.5. The van der Waals surface area contributed by atoms with Crippen molar-refractivity contribution in [1.29, 1.82) is 0 Å². The van der Waals surface area contributed by atoms with Crippen molar-refractivity contribution in [2.24, 2.45) is 23.7 Å². The average Bonchev–Trinajstić information content (AvgIpc) is 3.43. The third kappa shape index (κ3) is 4.21. The summed E-state index contributed by atoms with van der Waals surface area (Å²) in [7, 11) is 1.47. The molecular weight excluding hydrogens is 582 g/mol. The molecule has 2 N–H and O–H groups in total. The Morgan fingerprint density at radius 2 is 1.67 bits per heavy atom. The van der Waals surface area contributed by atoms with E-state index >= 15 is 4.79 Å². The molecule has 9 nitrogen and oxygen atoms in total. The zero-order valence-corrected chi connectivity index (χ0v) is 26.1. The number of hydrazine groups is 1. The van der Waals surface area contributed by atoms with Crippen LogP contribution >= 0.6 is 0 Å². The molecule has 2 aliphatic heterocycles. The summed E-state index contributed by atoms with van der Waals surface area (Å²) in [5, 5.41) is 12.1. The van der Waals surface area contributed by atoms with Crippen LogP contribution in [0.1, 0.15) is 48.8 Å². The van der Waals surface area contributed by atoms with Gasteiger partial charge in [-0.2, -0.15) is 5.01 Å². The topological polar surface area (TPSA) is 116 Å². The summed E-state index contributed by atoms with van der Waals surface area (Å²) in [4.78, 5) is 58.5. The number of nitrogens with one attached hydrogen (secondary N) is 1. The van der Waals surface area contributed by atoms with Crippen molar-refractivity contribution < 1.29 is 29.0 Å². The second kappa shape index (κ2) is 11.2. The summed E-state index contributed by atoms with van der Waals surface area (Å²) in [6.07, 6.45) is 3.27. The largest absolute Gasteiger partial charge is 0.504 e. The van der Waals surface area contributed by atoms with E-state index in [-0.39, 0.29) is 35.6 Å². The lowest BCUT2D eigenvalue weighted by Gasteiger charge is -2.50. The minimum atomic E-state index is -1.39. The van der Waals surface area contributed by atoms with Crippen LogP contribution in [0.3, 0.4) is 0 Å². The summed E-state index contributed by atoms with van der Waals surface area (Å²) >= 11 is 0. The quantitative estimate of drug-likeness (QED) is 0.279. The van der Waals surface area contributed by atoms with Gasteiger partial charge in [-0.1, -0.05) is 72.7 Å². The molecule has 3 fully saturated rings. The number of imide groups is 2. The van der Waals surface area contributed by atoms with Gasteiger partial charge in [-0.15, -0.1) is 0 Å². The van der Waals surface area contributed by atoms with Gasteiger partial charge in [0.15, 0.2) is 11.5 Å². The van der Waals surface area contributed by atoms with E-state index in [0.717, 1.165) is 16.1 Å². The normalized spacial score (nSPS) is 28.5. The molecule has 0 spiro atoms. The van der Waals surface area contributed by atoms with Gasteiger partial charge in [0.2, 0.25) is 11.8 Å². The van der Waals surface area contributed by atoms with Crippen molar-refractivity contribution in [1.82, 2.24) is 9.91 Å². The lowest BCUT2D eigenvalue weighted by molar-refractivity contribution is -0.141. The van der Waals surface area contributed by atoms with E-state index in [1.165, 1.54) is 12.0 Å². The second-order valence-corrected chi connectivity index (χ2v) is 12.9. The molecule has 236 valence electrons. The van der Waals surface area contributed by atoms with Crippen LogP contribution in [0.15, 0.2) is 84.4 Å². The number of hydrogen-bond donors (Lipinski definition) is 2. The number of phenolic OH excluding ortho intramolecular Hbond substituents is 1. The van der Waals surface area contributed by atoms with Gasteiger partial charge in [0, 0.05) is 12.5 Å². The number of ether oxygens (including phenoxy) is 1. The van der Waals surface area contributed by atoms with E-state index in [9.17, 15) is 19.5 Å². The molecule has 0 bridgehead atoms. The Balaban J connectivity index is 1.45. The second-order valence-electron chi connectivity index (χ2n) is 12.9. The molecule has 3 aromatic rings. The number of nitrogens with zero attached hydrogens (tertiary/aromatic N) is 2. The Morgan fingerprint density at radius 3 is 2.35 bits per heavy atom. The van der Waals surface area contributed by atoms with Gasteiger partial charge in [-0.3, -0.25) is 29.5 Å². The van der Waals surface area contributed by atoms with Crippen LogP contribution in [0.2, 0.25) is 0 Å². The van der Waals surface area contributed by atoms with Crippen LogP contribution in [0.4, 0.5) is 5.69 Å². The number of methoxy groups -OCH3 is 1. The Hall–Kier alpha value is -4.92. The molecule has 7 rings (SSSR count). The lowest BCUT2D eigenvalue weighted by atomic mass is 9.49. The highest BCUT2D eigenvalue weighted by atomic mass is 16.5. The third-order valence-electron chi connectivity index (χ3n) is 10.5. The van der Waals surface area contributed by atoms with E-state index in [4.69, 9.17) is 4.74 Å². The summed E-state index contributed by atoms with van der Waals surface area (Å²) < 4.78 is 5.35. The molecule has 46 heavy (non-hydrogen) atoms. The number of aryl methyl sites for hydroxylation is 1. The number of hydrogen-bond acceptors (Lipinski definition) is 7. The van der Waals surface area contributed by atoms with Crippen molar-refractivity contribution in [3.05, 3.63) is 101 Å². The number of likely N-dealkylation sites (tertiary alicyclic amines) is 1. The first-order valence-electron chi connectivity index (χ1n) is 15.9. The van der Waals surface area contributed by atoms with Crippen molar-refractivity contribution in [2.45, 2.75) is 44.4 Å². The molecule has 2 saturated heterocycles. The number of phenols is 1. The molecule has 3 aromatic carbocycles. The fraction of sp³-hybridized carbons (Fsp3) is 0.351. The predicted molar refractivity (Wildman–Crippen MR) is 170 cm³/mol. The van der Waals surface area contributed by atoms with Crippen molar-refractivity contribution in [3.63, 3.8) is 0 Å². The first-order valence-corrected chi connectivity index (χ1v) is 15.9. The average molecular weight is 620 g/mol. The van der Waals surface area contributed by atoms with E-state index < -0.39 is 40.9 Å². The number of carbonyl (C=O) groups is 4. The van der Waals surface area contributed by atoms with Crippen molar-refractivity contribution in [3.8, 4) is 11.5 Å². The maximum Gasteiger partial charge on any atom is 0.260 e. The number of allylic oxidation sites excluding steroid dienone is 2. The van der Waals surface area contributed by atoms with Crippen LogP contribution in [0.5, 0.6) is 11.5 Å². The monoisotopic (exact) mass is 619 g/mol. The SMILES string of the molecule is CCCN1C(=O)[C@H]2[C@H](CC=C3[C@H]2C[C@H]2C(=O)N(Nc4ccc(C)cc4)C(=O)[C@@]2(c2ccccc2)[C@H]3c2ccc(OC)c(O)c2)C1=O. The summed E-state index contributed by atoms with van der Waals surface area (Å²) in [5.74, 6) is -4.10. The summed E-state index contributed by atoms with van der Waals surface area (Å²) in [6, 6.07) is 21.9. The number of benzene rings is 3. The fourth-order valence-corrected chi connectivity index (χ4v) is 8.52. The minimum absolute atomic E-state index is 0.0937. The van der Waals surface area contributed by atoms with Crippen LogP contribution in [0.25, 0.3) is 0 Å². The first kappa shape index (κ1) is 29.8. The maximum atomic E-state index is 15.1. The van der Waals surface area contributed by atoms with Gasteiger partial charge in [0.1, 0.15) is 0 Å². The minimum Gasteiger partial charge on any atom is -0.504 e. The summed E-state index contributed by atoms with van der Waals surface area (Å²) in [5.41, 5.74) is 5.50. The number of fused-ring (bicyclic) bond motifs is 4. The molecule has 2 heterocycles. The molecule has 0 aromatic heterocycles. The maximum absolute atomic E-state index is 15.1. The number of anilines is 1. The predicted octanol–water partition coefficient (Wildman–Crippen LogP) is 5.10. The van der Waals surface area contributed by atoms with Crippen LogP contribution in [0, 0.1) is 30.6 Å². The van der Waals surface area contributed by atoms with Gasteiger partial charge in [0.25, 0.3) is 11.8 Å². The van der Waals surface area contributed by atoms with Gasteiger partial charge >= 0.3 is 0 Å². The lowest BCUT2D eigenvalue weighted by Crippen LogP contribution is -2.53. The van der Waals surface area contributed by atoms with Gasteiger partial charge < -0.3 is 9.84 Å². The Morgan fingerprint density at radius 1 is 0.935 bits per heavy atom. The van der Waals surface area contributed by atoms with Gasteiger partial charge in [-0.25, -0.2) is 0 Å². The van der Waals surface area contributed by atoms with Gasteiger partial charge in [-0.05, 0) is 67.5 Å². The van der Waals surface area contributed by atoms with Crippen LogP contribution < -0.4 is 10.2 Å². The number of aromatic hydroxyl groups is 1. The van der Waals surface area contributed by atoms with E-state index in [1.54, 1.807) is 12.1 Å². The molecular formula is C37H37N3O6. The molecule has 0 radical (unpaired) electrons. The zero-order chi connectivity index (χ0) is 32.3.